The van der Waals surface area contributed by atoms with E-state index in [2.05, 4.69) is 33.0 Å². The molecule has 0 bridgehead atoms. The second kappa shape index (κ2) is 5.30. The zero-order valence-electron chi connectivity index (χ0n) is 7.77. The summed E-state index contributed by atoms with van der Waals surface area (Å²) in [7, 11) is 1.64. The number of carbonyl (C=O) groups is 1. The average Bonchev–Trinajstić information content (AvgIpc) is 2.52. The van der Waals surface area contributed by atoms with E-state index in [1.165, 1.54) is 0 Å². The third-order valence-corrected chi connectivity index (χ3v) is 2.45. The fourth-order valence-electron chi connectivity index (χ4n) is 1.11. The van der Waals surface area contributed by atoms with Crippen LogP contribution in [-0.2, 0) is 11.3 Å². The van der Waals surface area contributed by atoms with Gasteiger partial charge in [-0.3, -0.25) is 9.48 Å². The van der Waals surface area contributed by atoms with Gasteiger partial charge >= 0.3 is 5.97 Å². The molecule has 0 spiro atoms. The molecule has 2 N–H and O–H groups in total. The van der Waals surface area contributed by atoms with Gasteiger partial charge in [-0.15, -0.1) is 0 Å². The molecule has 1 unspecified atom stereocenters. The highest BCUT2D eigenvalue weighted by atomic mass is 127. The predicted molar refractivity (Wildman–Crippen MR) is 60.0 cm³/mol. The van der Waals surface area contributed by atoms with Crippen LogP contribution in [0.3, 0.4) is 0 Å². The van der Waals surface area contributed by atoms with E-state index in [1.807, 2.05) is 6.20 Å². The maximum Gasteiger partial charge on any atom is 0.320 e. The Morgan fingerprint density at radius 1 is 1.86 bits per heavy atom. The second-order valence-corrected chi connectivity index (χ2v) is 4.14. The lowest BCUT2D eigenvalue weighted by atomic mass is 10.2. The Morgan fingerprint density at radius 3 is 3.00 bits per heavy atom. The quantitative estimate of drug-likeness (QED) is 0.780. The number of carboxylic acid groups (broad SMARTS) is 1. The van der Waals surface area contributed by atoms with E-state index in [-0.39, 0.29) is 0 Å². The van der Waals surface area contributed by atoms with E-state index in [9.17, 15) is 4.79 Å². The molecule has 0 aliphatic rings. The van der Waals surface area contributed by atoms with Crippen LogP contribution < -0.4 is 5.32 Å². The molecule has 14 heavy (non-hydrogen) atoms. The maximum atomic E-state index is 10.7. The van der Waals surface area contributed by atoms with E-state index in [0.717, 1.165) is 3.57 Å². The van der Waals surface area contributed by atoms with E-state index in [0.29, 0.717) is 13.0 Å². The minimum Gasteiger partial charge on any atom is -0.480 e. The molecule has 1 rings (SSSR count). The molecule has 0 amide bonds. The van der Waals surface area contributed by atoms with Gasteiger partial charge in [0.15, 0.2) is 0 Å². The predicted octanol–water partition coefficient (Wildman–Crippen LogP) is 0.550. The van der Waals surface area contributed by atoms with Crippen molar-refractivity contribution < 1.29 is 9.90 Å². The van der Waals surface area contributed by atoms with E-state index < -0.39 is 12.0 Å². The van der Waals surface area contributed by atoms with Crippen molar-refractivity contribution >= 4 is 28.6 Å². The van der Waals surface area contributed by atoms with Crippen molar-refractivity contribution in [3.8, 4) is 0 Å². The Morgan fingerprint density at radius 2 is 2.57 bits per heavy atom. The first-order valence-electron chi connectivity index (χ1n) is 4.21. The molecule has 5 nitrogen and oxygen atoms in total. The van der Waals surface area contributed by atoms with Crippen LogP contribution in [0.5, 0.6) is 0 Å². The average molecular weight is 309 g/mol. The van der Waals surface area contributed by atoms with Gasteiger partial charge in [-0.1, -0.05) is 0 Å². The zero-order valence-corrected chi connectivity index (χ0v) is 9.93. The van der Waals surface area contributed by atoms with Crippen molar-refractivity contribution in [3.63, 3.8) is 0 Å². The molecule has 0 aliphatic carbocycles. The monoisotopic (exact) mass is 309 g/mol. The molecule has 0 aliphatic heterocycles. The molecule has 1 aromatic rings. The highest BCUT2D eigenvalue weighted by Gasteiger charge is 2.14. The smallest absolute Gasteiger partial charge is 0.320 e. The molecule has 0 saturated carbocycles. The first kappa shape index (κ1) is 11.4. The Bertz CT molecular complexity index is 313. The van der Waals surface area contributed by atoms with Crippen molar-refractivity contribution in [2.75, 3.05) is 7.05 Å². The summed E-state index contributed by atoms with van der Waals surface area (Å²) in [6, 6.07) is -0.503. The number of rotatable bonds is 5. The minimum atomic E-state index is -0.825. The number of hydrogen-bond acceptors (Lipinski definition) is 3. The van der Waals surface area contributed by atoms with Crippen LogP contribution in [-0.4, -0.2) is 33.9 Å². The largest absolute Gasteiger partial charge is 0.480 e. The Balaban J connectivity index is 2.43. The number of nitrogens with zero attached hydrogens (tertiary/aromatic N) is 2. The summed E-state index contributed by atoms with van der Waals surface area (Å²) in [5.41, 5.74) is 0. The molecular formula is C8H12IN3O2. The number of aliphatic carboxylic acids is 1. The molecule has 78 valence electrons. The number of hydrogen-bond donors (Lipinski definition) is 2. The summed E-state index contributed by atoms with van der Waals surface area (Å²) < 4.78 is 2.80. The normalized spacial score (nSPS) is 12.7. The van der Waals surface area contributed by atoms with Crippen LogP contribution in [0.1, 0.15) is 6.42 Å². The third-order valence-electron chi connectivity index (χ3n) is 1.90. The van der Waals surface area contributed by atoms with Crippen molar-refractivity contribution in [2.24, 2.45) is 0 Å². The lowest BCUT2D eigenvalue weighted by Crippen LogP contribution is -2.34. The summed E-state index contributed by atoms with van der Waals surface area (Å²) in [6.07, 6.45) is 4.16. The molecule has 1 aromatic heterocycles. The summed E-state index contributed by atoms with van der Waals surface area (Å²) in [5.74, 6) is -0.825. The highest BCUT2D eigenvalue weighted by molar-refractivity contribution is 14.1. The van der Waals surface area contributed by atoms with Gasteiger partial charge in [-0.05, 0) is 36.1 Å². The summed E-state index contributed by atoms with van der Waals surface area (Å²) in [6.45, 7) is 0.612. The number of nitrogens with one attached hydrogen (secondary N) is 1. The van der Waals surface area contributed by atoms with E-state index in [1.54, 1.807) is 17.9 Å². The number of halogens is 1. The van der Waals surface area contributed by atoms with Crippen LogP contribution in [0.25, 0.3) is 0 Å². The van der Waals surface area contributed by atoms with Gasteiger partial charge in [-0.2, -0.15) is 5.10 Å². The highest BCUT2D eigenvalue weighted by Crippen LogP contribution is 2.03. The molecule has 0 aromatic carbocycles. The Hall–Kier alpha value is -0.630. The Labute approximate surface area is 95.6 Å². The van der Waals surface area contributed by atoms with Crippen LogP contribution in [0.4, 0.5) is 0 Å². The fraction of sp³-hybridized carbons (Fsp3) is 0.500. The number of aromatic nitrogens is 2. The molecule has 0 radical (unpaired) electrons. The van der Waals surface area contributed by atoms with Gasteiger partial charge in [0.05, 0.1) is 9.77 Å². The maximum absolute atomic E-state index is 10.7. The van der Waals surface area contributed by atoms with Crippen LogP contribution in [0.15, 0.2) is 12.4 Å². The lowest BCUT2D eigenvalue weighted by molar-refractivity contribution is -0.139. The van der Waals surface area contributed by atoms with Crippen molar-refractivity contribution in [3.05, 3.63) is 16.0 Å². The number of aryl methyl sites for hydroxylation is 1. The van der Waals surface area contributed by atoms with Crippen molar-refractivity contribution in [1.82, 2.24) is 15.1 Å². The standard InChI is InChI=1S/C8H12IN3O2/c1-10-7(8(13)14)2-3-12-5-6(9)4-11-12/h4-5,7,10H,2-3H2,1H3,(H,13,14). The summed E-state index contributed by atoms with van der Waals surface area (Å²) in [4.78, 5) is 10.7. The molecule has 0 saturated heterocycles. The molecule has 6 heteroatoms. The van der Waals surface area contributed by atoms with E-state index in [4.69, 9.17) is 5.11 Å². The fourth-order valence-corrected chi connectivity index (χ4v) is 1.56. The SMILES string of the molecule is CNC(CCn1cc(I)cn1)C(=O)O. The van der Waals surface area contributed by atoms with Gasteiger partial charge in [0.25, 0.3) is 0 Å². The summed E-state index contributed by atoms with van der Waals surface area (Å²) in [5, 5.41) is 15.6. The molecule has 1 atom stereocenters. The van der Waals surface area contributed by atoms with Gasteiger partial charge in [0.2, 0.25) is 0 Å². The summed E-state index contributed by atoms with van der Waals surface area (Å²) >= 11 is 2.17. The van der Waals surface area contributed by atoms with Gasteiger partial charge in [0.1, 0.15) is 6.04 Å². The van der Waals surface area contributed by atoms with Crippen LogP contribution in [0, 0.1) is 3.57 Å². The number of carboxylic acids is 1. The van der Waals surface area contributed by atoms with Gasteiger partial charge in [-0.25, -0.2) is 0 Å². The lowest BCUT2D eigenvalue weighted by Gasteiger charge is -2.10. The molecule has 0 fully saturated rings. The third kappa shape index (κ3) is 3.26. The zero-order chi connectivity index (χ0) is 10.6. The van der Waals surface area contributed by atoms with Crippen molar-refractivity contribution in [2.45, 2.75) is 19.0 Å². The van der Waals surface area contributed by atoms with Crippen LogP contribution in [0.2, 0.25) is 0 Å². The first-order valence-corrected chi connectivity index (χ1v) is 5.29. The van der Waals surface area contributed by atoms with Crippen molar-refractivity contribution in [1.29, 1.82) is 0 Å². The minimum absolute atomic E-state index is 0.503. The van der Waals surface area contributed by atoms with Gasteiger partial charge < -0.3 is 10.4 Å². The molecular weight excluding hydrogens is 297 g/mol. The Kier molecular flexibility index (Phi) is 4.33. The second-order valence-electron chi connectivity index (χ2n) is 2.89. The van der Waals surface area contributed by atoms with Gasteiger partial charge in [0, 0.05) is 12.7 Å². The van der Waals surface area contributed by atoms with Crippen LogP contribution >= 0.6 is 22.6 Å². The first-order chi connectivity index (χ1) is 6.63. The van der Waals surface area contributed by atoms with E-state index >= 15 is 0 Å². The number of likely N-dealkylation sites (N-methyl/N-ethyl adjacent to an activating group) is 1. The topological polar surface area (TPSA) is 67.2 Å². The molecule has 1 heterocycles.